The van der Waals surface area contributed by atoms with Crippen LogP contribution in [-0.4, -0.2) is 10.1 Å². The SMILES string of the molecule is Nc1noc(-c2ccc(Cl)s2)c1-c1ccncc1. The summed E-state index contributed by atoms with van der Waals surface area (Å²) in [6.45, 7) is 0. The quantitative estimate of drug-likeness (QED) is 0.776. The van der Waals surface area contributed by atoms with Gasteiger partial charge in [-0.3, -0.25) is 4.98 Å². The Hall–Kier alpha value is -1.85. The Labute approximate surface area is 112 Å². The van der Waals surface area contributed by atoms with E-state index >= 15 is 0 Å². The third kappa shape index (κ3) is 1.87. The minimum Gasteiger partial charge on any atom is -0.380 e. The average Bonchev–Trinajstić information content (AvgIpc) is 2.96. The van der Waals surface area contributed by atoms with Gasteiger partial charge in [0.1, 0.15) is 0 Å². The van der Waals surface area contributed by atoms with Crippen LogP contribution in [0.3, 0.4) is 0 Å². The van der Waals surface area contributed by atoms with Crippen molar-refractivity contribution in [2.24, 2.45) is 0 Å². The largest absolute Gasteiger partial charge is 0.380 e. The number of nitrogen functional groups attached to an aromatic ring is 1. The first kappa shape index (κ1) is 11.3. The van der Waals surface area contributed by atoms with Crippen molar-refractivity contribution in [3.63, 3.8) is 0 Å². The van der Waals surface area contributed by atoms with Gasteiger partial charge in [-0.25, -0.2) is 0 Å². The maximum atomic E-state index is 5.93. The van der Waals surface area contributed by atoms with Crippen LogP contribution < -0.4 is 5.73 Å². The van der Waals surface area contributed by atoms with Crippen LogP contribution in [0.25, 0.3) is 21.8 Å². The van der Waals surface area contributed by atoms with Crippen LogP contribution in [0.15, 0.2) is 41.2 Å². The minimum absolute atomic E-state index is 0.362. The molecule has 0 bridgehead atoms. The van der Waals surface area contributed by atoms with Gasteiger partial charge < -0.3 is 10.3 Å². The summed E-state index contributed by atoms with van der Waals surface area (Å²) in [4.78, 5) is 4.88. The number of nitrogens with zero attached hydrogens (tertiary/aromatic N) is 2. The number of nitrogens with two attached hydrogens (primary N) is 1. The van der Waals surface area contributed by atoms with E-state index in [1.54, 1.807) is 12.4 Å². The molecular weight excluding hydrogens is 270 g/mol. The molecule has 0 amide bonds. The van der Waals surface area contributed by atoms with Gasteiger partial charge in [-0.1, -0.05) is 16.8 Å². The standard InChI is InChI=1S/C12H8ClN3OS/c13-9-2-1-8(18-9)11-10(12(14)16-17-11)7-3-5-15-6-4-7/h1-6H,(H2,14,16). The number of hydrogen-bond donors (Lipinski definition) is 1. The number of halogens is 1. The zero-order valence-corrected chi connectivity index (χ0v) is 10.7. The second-order valence-corrected chi connectivity index (χ2v) is 5.33. The molecule has 0 spiro atoms. The molecule has 90 valence electrons. The molecule has 0 aromatic carbocycles. The third-order valence-corrected chi connectivity index (χ3v) is 3.71. The van der Waals surface area contributed by atoms with Crippen molar-refractivity contribution >= 4 is 28.8 Å². The molecule has 3 aromatic rings. The molecule has 0 radical (unpaired) electrons. The van der Waals surface area contributed by atoms with Gasteiger partial charge in [0.05, 0.1) is 14.8 Å². The van der Waals surface area contributed by atoms with E-state index < -0.39 is 0 Å². The highest BCUT2D eigenvalue weighted by Crippen LogP contribution is 2.40. The first-order valence-electron chi connectivity index (χ1n) is 5.17. The fourth-order valence-corrected chi connectivity index (χ4v) is 2.73. The second kappa shape index (κ2) is 4.44. The van der Waals surface area contributed by atoms with Crippen molar-refractivity contribution in [1.82, 2.24) is 10.1 Å². The molecule has 3 aromatic heterocycles. The lowest BCUT2D eigenvalue weighted by Gasteiger charge is -1.99. The predicted octanol–water partition coefficient (Wildman–Crippen LogP) is 3.70. The second-order valence-electron chi connectivity index (χ2n) is 3.61. The van der Waals surface area contributed by atoms with E-state index in [0.29, 0.717) is 15.9 Å². The molecular formula is C12H8ClN3OS. The highest BCUT2D eigenvalue weighted by Gasteiger charge is 2.18. The molecule has 18 heavy (non-hydrogen) atoms. The zero-order valence-electron chi connectivity index (χ0n) is 9.13. The topological polar surface area (TPSA) is 64.9 Å². The highest BCUT2D eigenvalue weighted by atomic mass is 35.5. The van der Waals surface area contributed by atoms with Crippen molar-refractivity contribution in [2.45, 2.75) is 0 Å². The molecule has 0 aliphatic rings. The molecule has 0 fully saturated rings. The zero-order chi connectivity index (χ0) is 12.5. The minimum atomic E-state index is 0.362. The molecule has 0 saturated carbocycles. The Kier molecular flexibility index (Phi) is 2.77. The van der Waals surface area contributed by atoms with Crippen LogP contribution in [0, 0.1) is 0 Å². The molecule has 3 heterocycles. The Morgan fingerprint density at radius 2 is 1.94 bits per heavy atom. The summed E-state index contributed by atoms with van der Waals surface area (Å²) in [7, 11) is 0. The van der Waals surface area contributed by atoms with E-state index in [0.717, 1.165) is 16.0 Å². The fraction of sp³-hybridized carbons (Fsp3) is 0. The van der Waals surface area contributed by atoms with Crippen molar-refractivity contribution in [1.29, 1.82) is 0 Å². The normalized spacial score (nSPS) is 10.7. The van der Waals surface area contributed by atoms with Gasteiger partial charge in [-0.15, -0.1) is 11.3 Å². The van der Waals surface area contributed by atoms with Crippen molar-refractivity contribution in [3.05, 3.63) is 41.0 Å². The van der Waals surface area contributed by atoms with Crippen molar-refractivity contribution in [3.8, 4) is 21.8 Å². The van der Waals surface area contributed by atoms with Crippen LogP contribution in [0.5, 0.6) is 0 Å². The van der Waals surface area contributed by atoms with Gasteiger partial charge >= 0.3 is 0 Å². The van der Waals surface area contributed by atoms with Gasteiger partial charge in [-0.2, -0.15) is 0 Å². The van der Waals surface area contributed by atoms with Crippen LogP contribution in [0.2, 0.25) is 4.34 Å². The molecule has 0 aliphatic heterocycles. The monoisotopic (exact) mass is 277 g/mol. The Morgan fingerprint density at radius 3 is 2.61 bits per heavy atom. The molecule has 0 saturated heterocycles. The average molecular weight is 278 g/mol. The summed E-state index contributed by atoms with van der Waals surface area (Å²) >= 11 is 7.35. The van der Waals surface area contributed by atoms with Gasteiger partial charge in [0.25, 0.3) is 0 Å². The van der Waals surface area contributed by atoms with Gasteiger partial charge in [0.15, 0.2) is 11.6 Å². The van der Waals surface area contributed by atoms with E-state index in [9.17, 15) is 0 Å². The van der Waals surface area contributed by atoms with E-state index in [4.69, 9.17) is 21.9 Å². The van der Waals surface area contributed by atoms with Crippen LogP contribution >= 0.6 is 22.9 Å². The summed E-state index contributed by atoms with van der Waals surface area (Å²) < 4.78 is 6.00. The molecule has 4 nitrogen and oxygen atoms in total. The number of rotatable bonds is 2. The summed E-state index contributed by atoms with van der Waals surface area (Å²) in [5.74, 6) is 0.997. The van der Waals surface area contributed by atoms with Crippen LogP contribution in [-0.2, 0) is 0 Å². The lowest BCUT2D eigenvalue weighted by atomic mass is 10.1. The van der Waals surface area contributed by atoms with Gasteiger partial charge in [0.2, 0.25) is 0 Å². The lowest BCUT2D eigenvalue weighted by Crippen LogP contribution is -1.88. The van der Waals surface area contributed by atoms with E-state index in [1.807, 2.05) is 24.3 Å². The number of anilines is 1. The lowest BCUT2D eigenvalue weighted by molar-refractivity contribution is 0.437. The molecule has 0 unspecified atom stereocenters. The maximum Gasteiger partial charge on any atom is 0.186 e. The van der Waals surface area contributed by atoms with Gasteiger partial charge in [-0.05, 0) is 29.8 Å². The van der Waals surface area contributed by atoms with E-state index in [2.05, 4.69) is 10.1 Å². The van der Waals surface area contributed by atoms with E-state index in [-0.39, 0.29) is 0 Å². The first-order chi connectivity index (χ1) is 8.75. The molecule has 3 rings (SSSR count). The smallest absolute Gasteiger partial charge is 0.186 e. The molecule has 0 atom stereocenters. The van der Waals surface area contributed by atoms with Crippen LogP contribution in [0.1, 0.15) is 0 Å². The first-order valence-corrected chi connectivity index (χ1v) is 6.36. The molecule has 0 aliphatic carbocycles. The predicted molar refractivity (Wildman–Crippen MR) is 72.5 cm³/mol. The maximum absolute atomic E-state index is 5.93. The Balaban J connectivity index is 2.18. The Bertz CT molecular complexity index is 678. The molecule has 6 heteroatoms. The van der Waals surface area contributed by atoms with Crippen LogP contribution in [0.4, 0.5) is 5.82 Å². The number of aromatic nitrogens is 2. The fourth-order valence-electron chi connectivity index (χ4n) is 1.70. The number of pyridine rings is 1. The Morgan fingerprint density at radius 1 is 1.17 bits per heavy atom. The summed E-state index contributed by atoms with van der Waals surface area (Å²) in [6, 6.07) is 7.43. The number of hydrogen-bond acceptors (Lipinski definition) is 5. The summed E-state index contributed by atoms with van der Waals surface area (Å²) in [5.41, 5.74) is 7.56. The summed E-state index contributed by atoms with van der Waals surface area (Å²) in [6.07, 6.45) is 3.40. The van der Waals surface area contributed by atoms with Crippen molar-refractivity contribution in [2.75, 3.05) is 5.73 Å². The number of thiophene rings is 1. The van der Waals surface area contributed by atoms with Gasteiger partial charge in [0, 0.05) is 12.4 Å². The summed E-state index contributed by atoms with van der Waals surface area (Å²) in [5, 5.41) is 3.82. The van der Waals surface area contributed by atoms with Crippen molar-refractivity contribution < 1.29 is 4.52 Å². The third-order valence-electron chi connectivity index (χ3n) is 2.48. The highest BCUT2D eigenvalue weighted by molar-refractivity contribution is 7.19. The van der Waals surface area contributed by atoms with E-state index in [1.165, 1.54) is 11.3 Å². The molecule has 2 N–H and O–H groups in total.